The standard InChI is InChI=1S/C12H14ClF3N2O/c1-2-6-17-10(19)7-18-11-8(12(14,15)16)4-3-5-9(11)13/h3-5,18H,2,6-7H2,1H3,(H,17,19). The van der Waals surface area contributed by atoms with E-state index in [1.807, 2.05) is 6.92 Å². The Bertz CT molecular complexity index is 449. The van der Waals surface area contributed by atoms with Crippen molar-refractivity contribution >= 4 is 23.2 Å². The molecule has 0 heterocycles. The highest BCUT2D eigenvalue weighted by molar-refractivity contribution is 6.33. The van der Waals surface area contributed by atoms with Crippen molar-refractivity contribution in [3.05, 3.63) is 28.8 Å². The molecular weight excluding hydrogens is 281 g/mol. The van der Waals surface area contributed by atoms with Gasteiger partial charge in [-0.1, -0.05) is 24.6 Å². The molecule has 0 saturated heterocycles. The smallest absolute Gasteiger partial charge is 0.374 e. The first-order valence-electron chi connectivity index (χ1n) is 5.72. The van der Waals surface area contributed by atoms with Crippen LogP contribution in [0.25, 0.3) is 0 Å². The summed E-state index contributed by atoms with van der Waals surface area (Å²) in [5.41, 5.74) is -1.16. The number of hydrogen-bond donors (Lipinski definition) is 2. The fourth-order valence-corrected chi connectivity index (χ4v) is 1.68. The van der Waals surface area contributed by atoms with E-state index in [1.165, 1.54) is 12.1 Å². The van der Waals surface area contributed by atoms with Gasteiger partial charge in [0.15, 0.2) is 0 Å². The van der Waals surface area contributed by atoms with Crippen molar-refractivity contribution in [2.45, 2.75) is 19.5 Å². The molecule has 0 saturated carbocycles. The highest BCUT2D eigenvalue weighted by Gasteiger charge is 2.34. The molecule has 1 aromatic carbocycles. The predicted octanol–water partition coefficient (Wildman–Crippen LogP) is 3.30. The minimum absolute atomic E-state index is 0.0712. The second-order valence-electron chi connectivity index (χ2n) is 3.86. The summed E-state index contributed by atoms with van der Waals surface area (Å²) in [5, 5.41) is 4.92. The minimum Gasteiger partial charge on any atom is -0.374 e. The molecule has 0 fully saturated rings. The van der Waals surface area contributed by atoms with E-state index in [4.69, 9.17) is 11.6 Å². The molecule has 3 nitrogen and oxygen atoms in total. The van der Waals surface area contributed by atoms with Crippen LogP contribution in [-0.2, 0) is 11.0 Å². The Morgan fingerprint density at radius 1 is 1.37 bits per heavy atom. The van der Waals surface area contributed by atoms with E-state index in [0.29, 0.717) is 6.54 Å². The third-order valence-corrected chi connectivity index (χ3v) is 2.63. The van der Waals surface area contributed by atoms with Crippen LogP contribution in [0.1, 0.15) is 18.9 Å². The third-order valence-electron chi connectivity index (χ3n) is 2.32. The van der Waals surface area contributed by atoms with Crippen LogP contribution < -0.4 is 10.6 Å². The van der Waals surface area contributed by atoms with E-state index in [9.17, 15) is 18.0 Å². The molecule has 2 N–H and O–H groups in total. The van der Waals surface area contributed by atoms with Crippen LogP contribution in [0.5, 0.6) is 0 Å². The average Bonchev–Trinajstić information content (AvgIpc) is 2.33. The van der Waals surface area contributed by atoms with Gasteiger partial charge in [0.1, 0.15) is 0 Å². The number of halogens is 4. The van der Waals surface area contributed by atoms with Crippen LogP contribution in [0.3, 0.4) is 0 Å². The lowest BCUT2D eigenvalue weighted by Gasteiger charge is -2.15. The highest BCUT2D eigenvalue weighted by Crippen LogP contribution is 2.38. The van der Waals surface area contributed by atoms with Gasteiger partial charge < -0.3 is 10.6 Å². The maximum atomic E-state index is 12.8. The molecule has 0 aromatic heterocycles. The first-order chi connectivity index (χ1) is 8.86. The Hall–Kier alpha value is -1.43. The second-order valence-corrected chi connectivity index (χ2v) is 4.27. The number of hydrogen-bond acceptors (Lipinski definition) is 2. The van der Waals surface area contributed by atoms with Crippen LogP contribution in [0.15, 0.2) is 18.2 Å². The normalized spacial score (nSPS) is 11.2. The van der Waals surface area contributed by atoms with Crippen molar-refractivity contribution < 1.29 is 18.0 Å². The average molecular weight is 295 g/mol. The summed E-state index contributed by atoms with van der Waals surface area (Å²) in [5.74, 6) is -0.380. The molecule has 0 aliphatic heterocycles. The molecule has 0 spiro atoms. The number of anilines is 1. The van der Waals surface area contributed by atoms with E-state index in [-0.39, 0.29) is 23.2 Å². The van der Waals surface area contributed by atoms with Gasteiger partial charge in [-0.25, -0.2) is 0 Å². The predicted molar refractivity (Wildman–Crippen MR) is 68.2 cm³/mol. The van der Waals surface area contributed by atoms with Crippen LogP contribution in [-0.4, -0.2) is 19.0 Å². The number of alkyl halides is 3. The Morgan fingerprint density at radius 2 is 2.05 bits per heavy atom. The van der Waals surface area contributed by atoms with Gasteiger partial charge >= 0.3 is 6.18 Å². The van der Waals surface area contributed by atoms with Gasteiger partial charge in [-0.2, -0.15) is 13.2 Å². The van der Waals surface area contributed by atoms with Gasteiger partial charge in [-0.05, 0) is 18.6 Å². The van der Waals surface area contributed by atoms with Crippen LogP contribution >= 0.6 is 11.6 Å². The summed E-state index contributed by atoms with van der Waals surface area (Å²) in [6.07, 6.45) is -3.77. The molecule has 0 atom stereocenters. The number of rotatable bonds is 5. The molecule has 1 rings (SSSR count). The first kappa shape index (κ1) is 15.6. The maximum absolute atomic E-state index is 12.8. The zero-order valence-electron chi connectivity index (χ0n) is 10.3. The molecule has 0 bridgehead atoms. The number of amides is 1. The van der Waals surface area contributed by atoms with Crippen LogP contribution in [0.2, 0.25) is 5.02 Å². The molecule has 0 radical (unpaired) electrons. The largest absolute Gasteiger partial charge is 0.418 e. The van der Waals surface area contributed by atoms with E-state index in [0.717, 1.165) is 12.5 Å². The number of carbonyl (C=O) groups is 1. The summed E-state index contributed by atoms with van der Waals surface area (Å²) >= 11 is 5.73. The number of para-hydroxylation sites is 1. The second kappa shape index (κ2) is 6.65. The zero-order chi connectivity index (χ0) is 14.5. The lowest BCUT2D eigenvalue weighted by atomic mass is 10.1. The molecular formula is C12H14ClF3N2O. The quantitative estimate of drug-likeness (QED) is 0.875. The van der Waals surface area contributed by atoms with Gasteiger partial charge in [0.05, 0.1) is 22.8 Å². The molecule has 19 heavy (non-hydrogen) atoms. The van der Waals surface area contributed by atoms with Crippen molar-refractivity contribution in [2.24, 2.45) is 0 Å². The third kappa shape index (κ3) is 4.63. The van der Waals surface area contributed by atoms with Crippen LogP contribution in [0.4, 0.5) is 18.9 Å². The van der Waals surface area contributed by atoms with E-state index in [1.54, 1.807) is 0 Å². The molecule has 1 aromatic rings. The molecule has 0 aliphatic carbocycles. The van der Waals surface area contributed by atoms with Gasteiger partial charge in [0.25, 0.3) is 0 Å². The van der Waals surface area contributed by atoms with E-state index in [2.05, 4.69) is 10.6 Å². The Morgan fingerprint density at radius 3 is 2.63 bits per heavy atom. The van der Waals surface area contributed by atoms with Gasteiger partial charge in [-0.15, -0.1) is 0 Å². The molecule has 106 valence electrons. The van der Waals surface area contributed by atoms with Gasteiger partial charge in [0.2, 0.25) is 5.91 Å². The Labute approximate surface area is 114 Å². The van der Waals surface area contributed by atoms with Crippen molar-refractivity contribution in [3.63, 3.8) is 0 Å². The summed E-state index contributed by atoms with van der Waals surface area (Å²) in [7, 11) is 0. The summed E-state index contributed by atoms with van der Waals surface area (Å²) < 4.78 is 38.3. The Balaban J connectivity index is 2.80. The lowest BCUT2D eigenvalue weighted by Crippen LogP contribution is -2.30. The molecule has 1 amide bonds. The first-order valence-corrected chi connectivity index (χ1v) is 6.10. The van der Waals surface area contributed by atoms with Gasteiger partial charge in [-0.3, -0.25) is 4.79 Å². The molecule has 0 aliphatic rings. The van der Waals surface area contributed by atoms with Crippen molar-refractivity contribution in [3.8, 4) is 0 Å². The Kier molecular flexibility index (Phi) is 5.47. The maximum Gasteiger partial charge on any atom is 0.418 e. The van der Waals surface area contributed by atoms with Crippen molar-refractivity contribution in [1.82, 2.24) is 5.32 Å². The summed E-state index contributed by atoms with van der Waals surface area (Å²) in [6.45, 7) is 2.10. The number of nitrogens with one attached hydrogen (secondary N) is 2. The lowest BCUT2D eigenvalue weighted by molar-refractivity contribution is -0.137. The minimum atomic E-state index is -4.52. The van der Waals surface area contributed by atoms with E-state index < -0.39 is 11.7 Å². The van der Waals surface area contributed by atoms with Crippen LogP contribution in [0, 0.1) is 0 Å². The monoisotopic (exact) mass is 294 g/mol. The fourth-order valence-electron chi connectivity index (χ4n) is 1.44. The van der Waals surface area contributed by atoms with Gasteiger partial charge in [0, 0.05) is 6.54 Å². The van der Waals surface area contributed by atoms with E-state index >= 15 is 0 Å². The zero-order valence-corrected chi connectivity index (χ0v) is 11.0. The van der Waals surface area contributed by atoms with Crippen molar-refractivity contribution in [2.75, 3.05) is 18.4 Å². The highest BCUT2D eigenvalue weighted by atomic mass is 35.5. The molecule has 0 unspecified atom stereocenters. The van der Waals surface area contributed by atoms with Crippen molar-refractivity contribution in [1.29, 1.82) is 0 Å². The summed E-state index contributed by atoms with van der Waals surface area (Å²) in [6, 6.07) is 3.47. The molecule has 7 heteroatoms. The fraction of sp³-hybridized carbons (Fsp3) is 0.417. The topological polar surface area (TPSA) is 41.1 Å². The SMILES string of the molecule is CCCNC(=O)CNc1c(Cl)cccc1C(F)(F)F. The number of carbonyl (C=O) groups excluding carboxylic acids is 1. The number of benzene rings is 1. The summed E-state index contributed by atoms with van der Waals surface area (Å²) in [4.78, 5) is 11.3.